The molecule has 0 aliphatic carbocycles. The highest BCUT2D eigenvalue weighted by atomic mass is 32.1. The topological polar surface area (TPSA) is 113 Å². The fourth-order valence-corrected chi connectivity index (χ4v) is 4.59. The van der Waals surface area contributed by atoms with Crippen LogP contribution in [0, 0.1) is 18.3 Å². The van der Waals surface area contributed by atoms with E-state index in [-0.39, 0.29) is 22.8 Å². The molecule has 29 heavy (non-hydrogen) atoms. The van der Waals surface area contributed by atoms with Crippen molar-refractivity contribution in [3.05, 3.63) is 44.5 Å². The van der Waals surface area contributed by atoms with Crippen LogP contribution < -0.4 is 24.7 Å². The number of hydrogen-bond donors (Lipinski definition) is 1. The molecule has 2 aromatic rings. The minimum absolute atomic E-state index is 0.0789. The van der Waals surface area contributed by atoms with Crippen LogP contribution in [-0.4, -0.2) is 34.4 Å². The van der Waals surface area contributed by atoms with E-state index in [1.807, 2.05) is 0 Å². The van der Waals surface area contributed by atoms with Crippen molar-refractivity contribution in [2.75, 3.05) is 28.4 Å². The number of thiophene rings is 1. The van der Waals surface area contributed by atoms with E-state index in [0.29, 0.717) is 32.6 Å². The summed E-state index contributed by atoms with van der Waals surface area (Å²) in [5.41, 5.74) is 7.19. The van der Waals surface area contributed by atoms with Crippen LogP contribution in [0.15, 0.2) is 23.6 Å². The van der Waals surface area contributed by atoms with Gasteiger partial charge in [-0.25, -0.2) is 4.79 Å². The zero-order valence-corrected chi connectivity index (χ0v) is 17.4. The molecule has 0 saturated heterocycles. The van der Waals surface area contributed by atoms with Crippen molar-refractivity contribution in [1.29, 1.82) is 5.26 Å². The number of fused-ring (bicyclic) bond motifs is 1. The molecule has 1 aromatic heterocycles. The number of hydrogen-bond acceptors (Lipinski definition) is 9. The molecule has 2 heterocycles. The Balaban J connectivity index is 2.33. The van der Waals surface area contributed by atoms with Crippen LogP contribution in [0.25, 0.3) is 0 Å². The Kier molecular flexibility index (Phi) is 5.57. The van der Waals surface area contributed by atoms with E-state index in [4.69, 9.17) is 29.4 Å². The lowest BCUT2D eigenvalue weighted by atomic mass is 9.87. The summed E-state index contributed by atoms with van der Waals surface area (Å²) < 4.78 is 27.0. The van der Waals surface area contributed by atoms with Gasteiger partial charge >= 0.3 is 5.97 Å². The summed E-state index contributed by atoms with van der Waals surface area (Å²) in [4.78, 5) is 13.6. The van der Waals surface area contributed by atoms with E-state index >= 15 is 0 Å². The van der Waals surface area contributed by atoms with Gasteiger partial charge in [0.15, 0.2) is 17.2 Å². The first-order valence-electron chi connectivity index (χ1n) is 8.51. The van der Waals surface area contributed by atoms with Crippen molar-refractivity contribution in [2.24, 2.45) is 5.73 Å². The highest BCUT2D eigenvalue weighted by molar-refractivity contribution is 7.12. The molecule has 2 N–H and O–H groups in total. The van der Waals surface area contributed by atoms with Gasteiger partial charge in [0.2, 0.25) is 11.6 Å². The average molecular weight is 416 g/mol. The molecule has 3 rings (SSSR count). The lowest BCUT2D eigenvalue weighted by molar-refractivity contribution is 0.0597. The van der Waals surface area contributed by atoms with Gasteiger partial charge in [0.25, 0.3) is 0 Å². The van der Waals surface area contributed by atoms with E-state index in [9.17, 15) is 10.1 Å². The predicted molar refractivity (Wildman–Crippen MR) is 106 cm³/mol. The molecular formula is C20H20N2O6S. The fraction of sp³-hybridized carbons (Fsp3) is 0.300. The van der Waals surface area contributed by atoms with Crippen LogP contribution >= 0.6 is 11.3 Å². The molecule has 1 atom stereocenters. The van der Waals surface area contributed by atoms with E-state index in [1.54, 1.807) is 19.1 Å². The lowest BCUT2D eigenvalue weighted by Gasteiger charge is -2.26. The summed E-state index contributed by atoms with van der Waals surface area (Å²) in [5.74, 6) is 0.330. The first kappa shape index (κ1) is 20.4. The van der Waals surface area contributed by atoms with Gasteiger partial charge < -0.3 is 29.4 Å². The maximum atomic E-state index is 12.3. The third-order valence-electron chi connectivity index (χ3n) is 4.65. The molecule has 0 spiro atoms. The van der Waals surface area contributed by atoms with Crippen molar-refractivity contribution in [1.82, 2.24) is 0 Å². The van der Waals surface area contributed by atoms with Gasteiger partial charge in [0.05, 0.1) is 39.2 Å². The molecule has 0 saturated carbocycles. The van der Waals surface area contributed by atoms with Crippen LogP contribution in [0.1, 0.15) is 31.6 Å². The number of rotatable bonds is 5. The van der Waals surface area contributed by atoms with Crippen LogP contribution in [0.3, 0.4) is 0 Å². The van der Waals surface area contributed by atoms with Crippen molar-refractivity contribution < 1.29 is 28.5 Å². The second-order valence-electron chi connectivity index (χ2n) is 6.07. The summed E-state index contributed by atoms with van der Waals surface area (Å²) in [6.45, 7) is 1.78. The van der Waals surface area contributed by atoms with Crippen molar-refractivity contribution in [2.45, 2.75) is 12.8 Å². The molecule has 1 aromatic carbocycles. The molecule has 1 aliphatic rings. The van der Waals surface area contributed by atoms with E-state index in [2.05, 4.69) is 6.07 Å². The van der Waals surface area contributed by atoms with Crippen LogP contribution in [0.2, 0.25) is 0 Å². The van der Waals surface area contributed by atoms with Gasteiger partial charge in [0, 0.05) is 10.4 Å². The van der Waals surface area contributed by atoms with Gasteiger partial charge in [-0.05, 0) is 13.0 Å². The number of nitrogens with two attached hydrogens (primary N) is 1. The maximum absolute atomic E-state index is 12.3. The smallest absolute Gasteiger partial charge is 0.342 e. The lowest BCUT2D eigenvalue weighted by Crippen LogP contribution is -2.21. The standard InChI is InChI=1S/C20H20N2O6S/c1-9-13(20(23)27-5)17-18(29-9)14(11(8-21)19(22)28-17)10-6-7-12(24-2)16(26-4)15(10)25-3/h6-7,14H,22H2,1-5H3. The Bertz CT molecular complexity index is 1050. The minimum Gasteiger partial charge on any atom is -0.493 e. The number of aryl methyl sites for hydroxylation is 1. The monoisotopic (exact) mass is 416 g/mol. The maximum Gasteiger partial charge on any atom is 0.342 e. The minimum atomic E-state index is -0.611. The zero-order chi connectivity index (χ0) is 21.3. The van der Waals surface area contributed by atoms with Crippen LogP contribution in [0.4, 0.5) is 0 Å². The number of carbonyl (C=O) groups is 1. The zero-order valence-electron chi connectivity index (χ0n) is 16.6. The Morgan fingerprint density at radius 3 is 2.41 bits per heavy atom. The summed E-state index contributed by atoms with van der Waals surface area (Å²) in [5, 5.41) is 9.79. The number of benzene rings is 1. The molecule has 1 aliphatic heterocycles. The SMILES string of the molecule is COC(=O)c1c(C)sc2c1OC(N)=C(C#N)C2c1ccc(OC)c(OC)c1OC. The highest BCUT2D eigenvalue weighted by Crippen LogP contribution is 2.53. The largest absolute Gasteiger partial charge is 0.493 e. The normalized spacial score (nSPS) is 15.1. The van der Waals surface area contributed by atoms with Gasteiger partial charge in [-0.15, -0.1) is 11.3 Å². The number of esters is 1. The van der Waals surface area contributed by atoms with Crippen LogP contribution in [-0.2, 0) is 4.74 Å². The Labute approximate surface area is 172 Å². The number of allylic oxidation sites excluding steroid dienone is 1. The summed E-state index contributed by atoms with van der Waals surface area (Å²) >= 11 is 1.33. The van der Waals surface area contributed by atoms with E-state index < -0.39 is 11.9 Å². The number of ether oxygens (including phenoxy) is 5. The second kappa shape index (κ2) is 7.93. The fourth-order valence-electron chi connectivity index (χ4n) is 3.38. The van der Waals surface area contributed by atoms with Gasteiger partial charge in [-0.2, -0.15) is 5.26 Å². The molecular weight excluding hydrogens is 396 g/mol. The summed E-state index contributed by atoms with van der Waals surface area (Å²) in [6.07, 6.45) is 0. The third-order valence-corrected chi connectivity index (χ3v) is 5.80. The number of nitrogens with zero attached hydrogens (tertiary/aromatic N) is 1. The van der Waals surface area contributed by atoms with Crippen molar-refractivity contribution >= 4 is 17.3 Å². The van der Waals surface area contributed by atoms with Crippen LogP contribution in [0.5, 0.6) is 23.0 Å². The quantitative estimate of drug-likeness (QED) is 0.740. The summed E-state index contributed by atoms with van der Waals surface area (Å²) in [7, 11) is 5.82. The van der Waals surface area contributed by atoms with Crippen molar-refractivity contribution in [3.8, 4) is 29.1 Å². The van der Waals surface area contributed by atoms with Gasteiger partial charge in [-0.1, -0.05) is 6.07 Å². The molecule has 1 unspecified atom stereocenters. The Hall–Kier alpha value is -3.38. The molecule has 9 heteroatoms. The predicted octanol–water partition coefficient (Wildman–Crippen LogP) is 3.09. The molecule has 0 fully saturated rings. The molecule has 0 amide bonds. The van der Waals surface area contributed by atoms with Crippen molar-refractivity contribution in [3.63, 3.8) is 0 Å². The number of nitriles is 1. The van der Waals surface area contributed by atoms with Gasteiger partial charge in [-0.3, -0.25) is 0 Å². The first-order chi connectivity index (χ1) is 13.9. The summed E-state index contributed by atoms with van der Waals surface area (Å²) in [6, 6.07) is 5.62. The molecule has 0 radical (unpaired) electrons. The molecule has 152 valence electrons. The Morgan fingerprint density at radius 2 is 1.86 bits per heavy atom. The number of carbonyl (C=O) groups excluding carboxylic acids is 1. The number of methoxy groups -OCH3 is 4. The van der Waals surface area contributed by atoms with Gasteiger partial charge in [0.1, 0.15) is 17.2 Å². The van der Waals surface area contributed by atoms with E-state index in [0.717, 1.165) is 0 Å². The average Bonchev–Trinajstić information content (AvgIpc) is 3.05. The first-order valence-corrected chi connectivity index (χ1v) is 9.33. The Morgan fingerprint density at radius 1 is 1.17 bits per heavy atom. The highest BCUT2D eigenvalue weighted by Gasteiger charge is 2.39. The second-order valence-corrected chi connectivity index (χ2v) is 7.32. The molecule has 0 bridgehead atoms. The van der Waals surface area contributed by atoms with E-state index in [1.165, 1.54) is 39.8 Å². The molecule has 8 nitrogen and oxygen atoms in total. The third kappa shape index (κ3) is 3.11.